The Labute approximate surface area is 651 Å². The van der Waals surface area contributed by atoms with E-state index in [0.717, 1.165) is 74.7 Å². The van der Waals surface area contributed by atoms with Crippen LogP contribution in [0.3, 0.4) is 0 Å². The Balaban J connectivity index is 0.000000290. The average Bonchev–Trinajstić information content (AvgIpc) is 1.61. The number of nitrogens with one attached hydrogen (secondary N) is 3. The van der Waals surface area contributed by atoms with Crippen LogP contribution in [0.5, 0.6) is 0 Å². The van der Waals surface area contributed by atoms with E-state index in [-0.39, 0.29) is 178 Å². The van der Waals surface area contributed by atoms with E-state index in [0.29, 0.717) is 37.4 Å². The van der Waals surface area contributed by atoms with Gasteiger partial charge in [-0.3, -0.25) is 28.8 Å². The molecule has 0 saturated carbocycles. The monoisotopic (exact) mass is 1530 g/mol. The first kappa shape index (κ1) is 93.6. The second kappa shape index (κ2) is 43.3. The Hall–Kier alpha value is -5.96. The summed E-state index contributed by atoms with van der Waals surface area (Å²) in [4.78, 5) is 71.1. The number of carboxylic acids is 1. The molecule has 0 unspecified atom stereocenters. The van der Waals surface area contributed by atoms with Gasteiger partial charge in [-0.2, -0.15) is 0 Å². The number of carbonyl (C=O) groups excluding carboxylic acids is 5. The number of hydrogen-bond acceptors (Lipinski definition) is 19. The third kappa shape index (κ3) is 29.2. The number of aliphatic hydroxyl groups is 2. The highest BCUT2D eigenvalue weighted by Gasteiger charge is 2.60. The molecule has 0 aromatic heterocycles. The highest BCUT2D eigenvalue weighted by atomic mass is 16.6. The minimum Gasteiger partial charge on any atom is -0.481 e. The molecule has 9 heterocycles. The summed E-state index contributed by atoms with van der Waals surface area (Å²) in [5.74, 6) is 0.215. The molecule has 0 aliphatic carbocycles. The summed E-state index contributed by atoms with van der Waals surface area (Å²) in [6, 6.07) is -0.0613. The molecule has 23 nitrogen and oxygen atoms in total. The molecule has 6 N–H and O–H groups in total. The number of esters is 2. The van der Waals surface area contributed by atoms with Crippen molar-refractivity contribution in [1.29, 1.82) is 0 Å². The summed E-state index contributed by atoms with van der Waals surface area (Å²) in [6.07, 6.45) is 32.3. The number of amides is 3. The SMILES string of the molecule is C.C.CC(/C=C/[C@H]1O[C@H](CC(=O)O)C[C@@]2(CO2)[C@@H]1O)=C\C[C@@H]1O[C@H](C)[C@H](NC(=O)/C=C\C(C)C)C[C@@H]1C.COC(=O)C[C@@H]1C[C@@]2(CO2)[C@H](C)[C@@H](/C=C/C(C)=C/C[C@@H]2O[C@H](C)[C@H](NC(=O)/C=C\C(C)C)C[C@@H]2C)O1.COC(=O)C[C@@H]1C[C@@]2(CO2)[C@H](C)[C@@H](/C=C/C(C)=C/C[C@@H]2O[C@H](C)[C@H](NC(=O)/C=C\[C@H](C)O)C[C@@H]2C)O1. The van der Waals surface area contributed by atoms with Gasteiger partial charge in [0.05, 0.1) is 156 Å². The molecule has 0 aromatic carbocycles. The molecule has 616 valence electrons. The van der Waals surface area contributed by atoms with Crippen LogP contribution in [0.15, 0.2) is 108 Å². The molecule has 23 heteroatoms. The third-order valence-electron chi connectivity index (χ3n) is 22.5. The second-order valence-corrected chi connectivity index (χ2v) is 32.6. The molecular formula is C86H137N3O20. The Morgan fingerprint density at radius 2 is 0.761 bits per heavy atom. The number of allylic oxidation sites excluding steroid dienone is 8. The lowest BCUT2D eigenvalue weighted by Crippen LogP contribution is -2.50. The molecule has 9 fully saturated rings. The summed E-state index contributed by atoms with van der Waals surface area (Å²) in [5.41, 5.74) is 2.22. The van der Waals surface area contributed by atoms with Gasteiger partial charge in [0.1, 0.15) is 17.8 Å². The fraction of sp³-hybridized carbons (Fsp3) is 0.721. The van der Waals surface area contributed by atoms with E-state index < -0.39 is 36.0 Å². The van der Waals surface area contributed by atoms with Gasteiger partial charge in [-0.15, -0.1) is 0 Å². The van der Waals surface area contributed by atoms with Gasteiger partial charge in [-0.05, 0) is 129 Å². The minimum absolute atomic E-state index is 0. The van der Waals surface area contributed by atoms with Gasteiger partial charge in [-0.1, -0.05) is 167 Å². The Bertz CT molecular complexity index is 3090. The third-order valence-corrected chi connectivity index (χ3v) is 22.5. The second-order valence-electron chi connectivity index (χ2n) is 32.6. The van der Waals surface area contributed by atoms with Crippen LogP contribution in [-0.2, 0) is 80.9 Å². The van der Waals surface area contributed by atoms with E-state index in [2.05, 4.69) is 121 Å². The van der Waals surface area contributed by atoms with Crippen molar-refractivity contribution in [2.75, 3.05) is 34.0 Å². The highest BCUT2D eigenvalue weighted by Crippen LogP contribution is 2.49. The average molecular weight is 1530 g/mol. The Morgan fingerprint density at radius 3 is 1.06 bits per heavy atom. The van der Waals surface area contributed by atoms with Crippen molar-refractivity contribution in [2.24, 2.45) is 41.4 Å². The standard InChI is InChI=1S/C29H45NO6.C28H43NO7.C27H41NO7.2CH4/c1-18(2)8-13-27(31)30-24-14-20(4)25(35-22(24)6)11-9-19(3)10-12-26-21(5)29(17-34-29)16-23(36-26)15-28(32)33-7;1-17(8-11-25-20(4)28(16-34-28)15-22(36-25)14-27(32)33-6)7-10-24-18(2)13-23(21(5)35-24)29-26(31)12-9-19(3)30;1-16(2)6-11-24(29)28-21-12-18(4)22(34-19(21)5)9-7-17(3)8-10-23-26(32)27(15-33-27)14-20(35-23)13-25(30)31;;/h8-10,12-13,18,20-26H,11,14-17H2,1-7H3,(H,30,31);7-9,11-12,18-25,30H,10,13-16H2,1-6H3,(H,29,31);6-8,10-11,16,18-23,26,32H,9,12-15H2,1-5H3,(H,28,29)(H,30,31);2*1H4/b12-10+,13-8-,19-9+;11-8+,12-9-,17-7+;10-8+,11-6-,17-7+;;/t20-,21+,22+,23+,24+,25-,26+,29+;18-,19-,20+,21+,22+,23+,24-,25+,28+;18-,19+,20+,21+,22-,23+,26+,27+;;/m000../s1. The van der Waals surface area contributed by atoms with Gasteiger partial charge in [0.2, 0.25) is 17.7 Å². The van der Waals surface area contributed by atoms with Crippen LogP contribution in [-0.4, -0.2) is 205 Å². The number of carbonyl (C=O) groups is 6. The lowest BCUT2D eigenvalue weighted by Gasteiger charge is -2.39. The Kier molecular flexibility index (Phi) is 37.2. The van der Waals surface area contributed by atoms with Crippen LogP contribution < -0.4 is 16.0 Å². The van der Waals surface area contributed by atoms with Gasteiger partial charge < -0.3 is 83.4 Å². The molecule has 25 atom stereocenters. The van der Waals surface area contributed by atoms with Crippen molar-refractivity contribution >= 4 is 35.6 Å². The molecule has 0 bridgehead atoms. The highest BCUT2D eigenvalue weighted by molar-refractivity contribution is 5.88. The molecular weight excluding hydrogens is 1390 g/mol. The number of rotatable bonds is 27. The number of hydrogen-bond donors (Lipinski definition) is 6. The van der Waals surface area contributed by atoms with Crippen molar-refractivity contribution < 1.29 is 96.2 Å². The van der Waals surface area contributed by atoms with Crippen LogP contribution in [0.2, 0.25) is 0 Å². The fourth-order valence-corrected chi connectivity index (χ4v) is 15.1. The molecule has 3 spiro atoms. The van der Waals surface area contributed by atoms with Gasteiger partial charge in [0, 0.05) is 37.2 Å². The lowest BCUT2D eigenvalue weighted by molar-refractivity contribution is -0.155. The van der Waals surface area contributed by atoms with Crippen molar-refractivity contribution in [3.05, 3.63) is 108 Å². The summed E-state index contributed by atoms with van der Waals surface area (Å²) < 4.78 is 63.9. The quantitative estimate of drug-likeness (QED) is 0.0193. The molecule has 9 aliphatic heterocycles. The minimum atomic E-state index is -0.925. The van der Waals surface area contributed by atoms with Crippen molar-refractivity contribution in [3.63, 3.8) is 0 Å². The largest absolute Gasteiger partial charge is 0.481 e. The zero-order valence-electron chi connectivity index (χ0n) is 66.9. The van der Waals surface area contributed by atoms with Crippen LogP contribution in [0.25, 0.3) is 0 Å². The van der Waals surface area contributed by atoms with Gasteiger partial charge >= 0.3 is 17.9 Å². The maximum absolute atomic E-state index is 12.2. The predicted molar refractivity (Wildman–Crippen MR) is 421 cm³/mol. The summed E-state index contributed by atoms with van der Waals surface area (Å²) in [7, 11) is 2.80. The number of ether oxygens (including phenoxy) is 11. The molecule has 9 rings (SSSR count). The number of aliphatic hydroxyl groups excluding tert-OH is 2. The zero-order valence-corrected chi connectivity index (χ0v) is 66.9. The maximum atomic E-state index is 12.2. The number of epoxide rings is 3. The smallest absolute Gasteiger partial charge is 0.308 e. The summed E-state index contributed by atoms with van der Waals surface area (Å²) in [5, 5.41) is 38.2. The first-order chi connectivity index (χ1) is 50.5. The molecule has 9 saturated heterocycles. The molecule has 9 aliphatic rings. The normalized spacial score (nSPS) is 36.9. The predicted octanol–water partition coefficient (Wildman–Crippen LogP) is 12.2. The van der Waals surface area contributed by atoms with Crippen LogP contribution >= 0.6 is 0 Å². The van der Waals surface area contributed by atoms with E-state index in [1.807, 2.05) is 59.8 Å². The first-order valence-electron chi connectivity index (χ1n) is 39.1. The molecule has 109 heavy (non-hydrogen) atoms. The van der Waals surface area contributed by atoms with E-state index >= 15 is 0 Å². The van der Waals surface area contributed by atoms with Crippen molar-refractivity contribution in [1.82, 2.24) is 16.0 Å². The van der Waals surface area contributed by atoms with Crippen molar-refractivity contribution in [3.8, 4) is 0 Å². The maximum Gasteiger partial charge on any atom is 0.308 e. The first-order valence-corrected chi connectivity index (χ1v) is 39.1. The Morgan fingerprint density at radius 1 is 0.459 bits per heavy atom. The van der Waals surface area contributed by atoms with Crippen molar-refractivity contribution in [2.45, 2.75) is 323 Å². The molecule has 0 radical (unpaired) electrons. The van der Waals surface area contributed by atoms with E-state index in [9.17, 15) is 39.0 Å². The molecule has 0 aromatic rings. The van der Waals surface area contributed by atoms with Gasteiger partial charge in [-0.25, -0.2) is 0 Å². The van der Waals surface area contributed by atoms with Crippen LogP contribution in [0.4, 0.5) is 0 Å². The van der Waals surface area contributed by atoms with Crippen LogP contribution in [0.1, 0.15) is 203 Å². The van der Waals surface area contributed by atoms with E-state index in [1.54, 1.807) is 25.2 Å². The fourth-order valence-electron chi connectivity index (χ4n) is 15.1. The van der Waals surface area contributed by atoms with E-state index in [4.69, 9.17) is 57.2 Å². The lowest BCUT2D eigenvalue weighted by atomic mass is 9.81. The number of carboxylic acid groups (broad SMARTS) is 1. The topological polar surface area (TPSA) is 311 Å². The summed E-state index contributed by atoms with van der Waals surface area (Å²) >= 11 is 0. The van der Waals surface area contributed by atoms with E-state index in [1.165, 1.54) is 26.4 Å². The van der Waals surface area contributed by atoms with Crippen LogP contribution in [0, 0.1) is 41.4 Å². The number of aliphatic carboxylic acids is 1. The van der Waals surface area contributed by atoms with Gasteiger partial charge in [0.15, 0.2) is 0 Å². The molecule has 3 amide bonds. The zero-order chi connectivity index (χ0) is 78.7. The summed E-state index contributed by atoms with van der Waals surface area (Å²) in [6.45, 7) is 34.6. The van der Waals surface area contributed by atoms with Gasteiger partial charge in [0.25, 0.3) is 0 Å². The number of methoxy groups -OCH3 is 2.